The SMILES string of the molecule is C[C@@H](O)[C@H]1C(=O)N2C(C(=O)OCc3ccc([N+](=O)[O-])cc3)=C(S[C@H]3C[C@@H](C4CCN(C(=O)OCc5ccc([N+](=O)[O-])cc5)CC4)N(C(=O)OCc4ccc([N+](=O)[O-])cc4)C3)[C@H](C)[C@H]12. The van der Waals surface area contributed by atoms with Gasteiger partial charge in [0.15, 0.2) is 0 Å². The van der Waals surface area contributed by atoms with E-state index in [2.05, 4.69) is 0 Å². The number of thioether (sulfide) groups is 1. The van der Waals surface area contributed by atoms with Crippen LogP contribution in [0.15, 0.2) is 83.4 Å². The lowest BCUT2D eigenvalue weighted by Gasteiger charge is -2.46. The molecule has 3 saturated heterocycles. The fourth-order valence-corrected chi connectivity index (χ4v) is 10.2. The van der Waals surface area contributed by atoms with E-state index in [1.807, 2.05) is 6.92 Å². The summed E-state index contributed by atoms with van der Waals surface area (Å²) in [4.78, 5) is 91.2. The van der Waals surface area contributed by atoms with E-state index in [0.29, 0.717) is 53.9 Å². The molecule has 4 aliphatic rings. The first-order valence-electron chi connectivity index (χ1n) is 20.3. The van der Waals surface area contributed by atoms with Gasteiger partial charge in [-0.15, -0.1) is 11.8 Å². The molecule has 0 aromatic heterocycles. The Balaban J connectivity index is 1.07. The van der Waals surface area contributed by atoms with Gasteiger partial charge in [0, 0.05) is 78.1 Å². The molecule has 0 unspecified atom stereocenters. The van der Waals surface area contributed by atoms with Gasteiger partial charge in [-0.1, -0.05) is 6.92 Å². The summed E-state index contributed by atoms with van der Waals surface area (Å²) in [6, 6.07) is 16.0. The number of ether oxygens (including phenoxy) is 3. The maximum atomic E-state index is 13.9. The van der Waals surface area contributed by atoms with Crippen molar-refractivity contribution in [3.8, 4) is 0 Å². The van der Waals surface area contributed by atoms with Crippen LogP contribution in [0.3, 0.4) is 0 Å². The topological polar surface area (TPSA) is 255 Å². The van der Waals surface area contributed by atoms with Crippen LogP contribution >= 0.6 is 11.8 Å². The predicted octanol–water partition coefficient (Wildman–Crippen LogP) is 6.09. The molecule has 3 aromatic carbocycles. The molecule has 4 aliphatic heterocycles. The van der Waals surface area contributed by atoms with Crippen molar-refractivity contribution in [3.63, 3.8) is 0 Å². The number of carbonyl (C=O) groups is 4. The summed E-state index contributed by atoms with van der Waals surface area (Å²) in [5.41, 5.74) is 1.36. The Bertz CT molecular complexity index is 2300. The molecule has 21 heteroatoms. The van der Waals surface area contributed by atoms with Gasteiger partial charge in [0.2, 0.25) is 5.91 Å². The van der Waals surface area contributed by atoms with Crippen LogP contribution in [0.4, 0.5) is 26.7 Å². The molecule has 0 radical (unpaired) electrons. The zero-order valence-electron chi connectivity index (χ0n) is 34.2. The molecule has 1 N–H and O–H groups in total. The Morgan fingerprint density at radius 2 is 1.22 bits per heavy atom. The number of esters is 1. The zero-order chi connectivity index (χ0) is 45.1. The summed E-state index contributed by atoms with van der Waals surface area (Å²) in [6.07, 6.45) is -0.648. The number of amides is 3. The number of carbonyl (C=O) groups excluding carboxylic acids is 4. The van der Waals surface area contributed by atoms with Gasteiger partial charge in [-0.2, -0.15) is 0 Å². The van der Waals surface area contributed by atoms with Gasteiger partial charge in [-0.3, -0.25) is 35.1 Å². The molecular weight excluding hydrogens is 845 g/mol. The lowest BCUT2D eigenvalue weighted by molar-refractivity contribution is -0.385. The number of non-ortho nitro benzene ring substituents is 3. The van der Waals surface area contributed by atoms with E-state index in [-0.39, 0.29) is 72.3 Å². The van der Waals surface area contributed by atoms with Crippen LogP contribution in [0.5, 0.6) is 0 Å². The molecule has 63 heavy (non-hydrogen) atoms. The Labute approximate surface area is 364 Å². The van der Waals surface area contributed by atoms with Crippen molar-refractivity contribution in [3.05, 3.63) is 130 Å². The lowest BCUT2D eigenvalue weighted by Crippen LogP contribution is -2.63. The largest absolute Gasteiger partial charge is 0.456 e. The molecule has 20 nitrogen and oxygen atoms in total. The van der Waals surface area contributed by atoms with Crippen LogP contribution in [0.25, 0.3) is 0 Å². The van der Waals surface area contributed by atoms with E-state index in [1.165, 1.54) is 96.4 Å². The van der Waals surface area contributed by atoms with E-state index < -0.39 is 56.9 Å². The minimum atomic E-state index is -0.981. The number of nitro groups is 3. The van der Waals surface area contributed by atoms with Gasteiger partial charge in [0.25, 0.3) is 17.1 Å². The normalized spacial score (nSPS) is 22.6. The standard InChI is InChI=1S/C42H44N6O14S/c1-24-36-35(25(2)49)39(50)45(36)37(40(51)60-21-26-3-9-30(10-4-26)46(54)55)38(24)63-33-19-34(44(20-33)42(53)62-23-28-7-13-32(14-8-28)48(58)59)29-15-17-43(18-16-29)41(52)61-22-27-5-11-31(12-6-27)47(56)57/h3-14,24-25,29,33-36,49H,15-23H2,1-2H3/t24-,25-,33+,34+,35-,36-/m1/s1. The third-order valence-corrected chi connectivity index (χ3v) is 13.5. The number of nitro benzene ring substituents is 3. The van der Waals surface area contributed by atoms with Crippen molar-refractivity contribution < 1.29 is 53.3 Å². The fraction of sp³-hybridized carbons (Fsp3) is 0.429. The molecule has 3 aromatic rings. The van der Waals surface area contributed by atoms with Crippen LogP contribution in [0.1, 0.15) is 49.8 Å². The van der Waals surface area contributed by atoms with E-state index >= 15 is 0 Å². The van der Waals surface area contributed by atoms with Gasteiger partial charge in [-0.25, -0.2) is 14.4 Å². The number of rotatable bonds is 14. The molecule has 0 bridgehead atoms. The monoisotopic (exact) mass is 888 g/mol. The number of fused-ring (bicyclic) bond motifs is 1. The van der Waals surface area contributed by atoms with Gasteiger partial charge in [0.05, 0.1) is 32.8 Å². The number of aliphatic hydroxyl groups excluding tert-OH is 1. The molecule has 4 heterocycles. The van der Waals surface area contributed by atoms with Crippen molar-refractivity contribution in [2.24, 2.45) is 17.8 Å². The fourth-order valence-electron chi connectivity index (χ4n) is 8.71. The van der Waals surface area contributed by atoms with Crippen molar-refractivity contribution in [1.82, 2.24) is 14.7 Å². The minimum absolute atomic E-state index is 0.0533. The first kappa shape index (κ1) is 44.4. The summed E-state index contributed by atoms with van der Waals surface area (Å²) in [5.74, 6) is -2.40. The Morgan fingerprint density at radius 1 is 0.762 bits per heavy atom. The number of hydrogen-bond donors (Lipinski definition) is 1. The predicted molar refractivity (Wildman–Crippen MR) is 222 cm³/mol. The van der Waals surface area contributed by atoms with Crippen LogP contribution in [-0.2, 0) is 43.6 Å². The Morgan fingerprint density at radius 3 is 1.68 bits per heavy atom. The molecule has 0 aliphatic carbocycles. The summed E-state index contributed by atoms with van der Waals surface area (Å²) in [5, 5.41) is 43.5. The number of piperidine rings is 1. The Kier molecular flexibility index (Phi) is 13.3. The van der Waals surface area contributed by atoms with Crippen LogP contribution in [-0.4, -0.2) is 102 Å². The number of likely N-dealkylation sites (tertiary alicyclic amines) is 2. The summed E-state index contributed by atoms with van der Waals surface area (Å²) in [7, 11) is 0. The number of β-lactam (4-membered cyclic amide) rings is 1. The second kappa shape index (κ2) is 18.8. The number of aliphatic hydroxyl groups is 1. The molecule has 0 saturated carbocycles. The van der Waals surface area contributed by atoms with Crippen molar-refractivity contribution >= 4 is 52.9 Å². The highest BCUT2D eigenvalue weighted by molar-refractivity contribution is 8.03. The van der Waals surface area contributed by atoms with E-state index in [9.17, 15) is 54.6 Å². The highest BCUT2D eigenvalue weighted by Gasteiger charge is 2.60. The number of hydrogen-bond acceptors (Lipinski definition) is 15. The van der Waals surface area contributed by atoms with Gasteiger partial charge < -0.3 is 34.0 Å². The maximum Gasteiger partial charge on any atom is 0.410 e. The minimum Gasteiger partial charge on any atom is -0.456 e. The average Bonchev–Trinajstić information content (AvgIpc) is 3.80. The van der Waals surface area contributed by atoms with Crippen molar-refractivity contribution in [2.45, 2.75) is 76.4 Å². The molecule has 3 fully saturated rings. The molecular formula is C42H44N6O14S. The third kappa shape index (κ3) is 9.58. The van der Waals surface area contributed by atoms with E-state index in [0.717, 1.165) is 0 Å². The number of nitrogens with zero attached hydrogens (tertiary/aromatic N) is 6. The van der Waals surface area contributed by atoms with Gasteiger partial charge in [0.1, 0.15) is 25.5 Å². The zero-order valence-corrected chi connectivity index (χ0v) is 35.0. The molecule has 6 atom stereocenters. The molecule has 7 rings (SSSR count). The first-order chi connectivity index (χ1) is 30.1. The lowest BCUT2D eigenvalue weighted by atomic mass is 9.79. The quantitative estimate of drug-likeness (QED) is 0.0632. The summed E-state index contributed by atoms with van der Waals surface area (Å²) < 4.78 is 16.9. The van der Waals surface area contributed by atoms with E-state index in [1.54, 1.807) is 9.80 Å². The van der Waals surface area contributed by atoms with Crippen LogP contribution in [0, 0.1) is 48.1 Å². The van der Waals surface area contributed by atoms with Crippen molar-refractivity contribution in [2.75, 3.05) is 19.6 Å². The summed E-state index contributed by atoms with van der Waals surface area (Å²) in [6.45, 7) is 3.81. The second-order valence-corrected chi connectivity index (χ2v) is 17.3. The Hall–Kier alpha value is -6.61. The first-order valence-corrected chi connectivity index (χ1v) is 21.1. The maximum absolute atomic E-state index is 13.9. The van der Waals surface area contributed by atoms with Gasteiger partial charge in [-0.05, 0) is 85.2 Å². The second-order valence-electron chi connectivity index (χ2n) is 15.9. The summed E-state index contributed by atoms with van der Waals surface area (Å²) >= 11 is 1.36. The number of benzene rings is 3. The molecule has 0 spiro atoms. The highest BCUT2D eigenvalue weighted by atomic mass is 32.2. The molecule has 332 valence electrons. The average molecular weight is 889 g/mol. The third-order valence-electron chi connectivity index (χ3n) is 12.0. The van der Waals surface area contributed by atoms with E-state index in [4.69, 9.17) is 14.2 Å². The highest BCUT2D eigenvalue weighted by Crippen LogP contribution is 2.53. The van der Waals surface area contributed by atoms with Crippen LogP contribution in [0.2, 0.25) is 0 Å². The smallest absolute Gasteiger partial charge is 0.410 e. The van der Waals surface area contributed by atoms with Crippen LogP contribution < -0.4 is 0 Å². The molecule has 3 amide bonds. The van der Waals surface area contributed by atoms with Gasteiger partial charge >= 0.3 is 18.2 Å². The van der Waals surface area contributed by atoms with Crippen molar-refractivity contribution in [1.29, 1.82) is 0 Å².